The third-order valence-corrected chi connectivity index (χ3v) is 8.01. The van der Waals surface area contributed by atoms with Crippen molar-refractivity contribution in [2.75, 3.05) is 0 Å². The molecule has 5 rings (SSSR count). The molecule has 5 aromatic rings. The Labute approximate surface area is 197 Å². The lowest BCUT2D eigenvalue weighted by atomic mass is 10.0. The van der Waals surface area contributed by atoms with Crippen LogP contribution >= 0.6 is 7.92 Å². The number of hydrogen-bond donors (Lipinski definition) is 0. The summed E-state index contributed by atoms with van der Waals surface area (Å²) in [4.78, 5) is 0. The molecule has 0 aliphatic carbocycles. The van der Waals surface area contributed by atoms with E-state index in [4.69, 9.17) is 0 Å². The van der Waals surface area contributed by atoms with E-state index in [1.54, 1.807) is 0 Å². The fourth-order valence-electron chi connectivity index (χ4n) is 3.87. The first-order valence-corrected chi connectivity index (χ1v) is 12.4. The molecule has 0 unspecified atom stereocenters. The van der Waals surface area contributed by atoms with Crippen LogP contribution in [0, 0.1) is 11.8 Å². The SMILES string of the molecule is C(#Cc1ccccc1P(c1ccccc1)c1ccccc1)c1ccc(-c2ccccc2)cc1. The largest absolute Gasteiger partial charge is 0.0622 e. The molecule has 0 amide bonds. The molecule has 0 N–H and O–H groups in total. The van der Waals surface area contributed by atoms with Gasteiger partial charge in [0.1, 0.15) is 0 Å². The van der Waals surface area contributed by atoms with Crippen molar-refractivity contribution < 1.29 is 0 Å². The van der Waals surface area contributed by atoms with Crippen molar-refractivity contribution in [3.05, 3.63) is 151 Å². The van der Waals surface area contributed by atoms with Crippen LogP contribution in [-0.4, -0.2) is 0 Å². The predicted octanol–water partition coefficient (Wildman–Crippen LogP) is 6.51. The molecule has 0 radical (unpaired) electrons. The molecule has 0 saturated carbocycles. The van der Waals surface area contributed by atoms with Crippen LogP contribution in [0.3, 0.4) is 0 Å². The first-order valence-electron chi connectivity index (χ1n) is 11.1. The Bertz CT molecular complexity index is 1340. The highest BCUT2D eigenvalue weighted by molar-refractivity contribution is 7.79. The number of benzene rings is 5. The lowest BCUT2D eigenvalue weighted by molar-refractivity contribution is 1.59. The standard InChI is InChI=1S/C32H23P/c1-4-12-27(13-5-1)28-23-20-26(21-24-28)22-25-29-14-10-11-19-32(29)33(30-15-6-2-7-16-30)31-17-8-3-9-18-31/h1-21,23-24H. The third-order valence-electron chi connectivity index (χ3n) is 5.51. The van der Waals surface area contributed by atoms with Gasteiger partial charge in [-0.1, -0.05) is 133 Å². The van der Waals surface area contributed by atoms with E-state index in [0.29, 0.717) is 0 Å². The second kappa shape index (κ2) is 10.1. The summed E-state index contributed by atoms with van der Waals surface area (Å²) in [6, 6.07) is 49.1. The molecule has 0 heterocycles. The molecule has 0 aliphatic rings. The fourth-order valence-corrected chi connectivity index (χ4v) is 6.27. The van der Waals surface area contributed by atoms with Crippen LogP contribution in [0.2, 0.25) is 0 Å². The molecule has 156 valence electrons. The van der Waals surface area contributed by atoms with E-state index in [0.717, 1.165) is 11.1 Å². The van der Waals surface area contributed by atoms with Crippen LogP contribution in [0.15, 0.2) is 140 Å². The molecule has 0 nitrogen and oxygen atoms in total. The second-order valence-electron chi connectivity index (χ2n) is 7.72. The maximum Gasteiger partial charge on any atom is 0.0332 e. The molecule has 0 saturated heterocycles. The van der Waals surface area contributed by atoms with Gasteiger partial charge in [0, 0.05) is 16.4 Å². The van der Waals surface area contributed by atoms with Crippen molar-refractivity contribution in [3.63, 3.8) is 0 Å². The van der Waals surface area contributed by atoms with Gasteiger partial charge in [-0.2, -0.15) is 0 Å². The summed E-state index contributed by atoms with van der Waals surface area (Å²) < 4.78 is 0. The lowest BCUT2D eigenvalue weighted by Crippen LogP contribution is -2.22. The summed E-state index contributed by atoms with van der Waals surface area (Å²) in [5, 5.41) is 3.96. The fraction of sp³-hybridized carbons (Fsp3) is 0. The van der Waals surface area contributed by atoms with Crippen molar-refractivity contribution in [3.8, 4) is 23.0 Å². The van der Waals surface area contributed by atoms with Gasteiger partial charge in [-0.25, -0.2) is 0 Å². The highest BCUT2D eigenvalue weighted by Crippen LogP contribution is 2.33. The van der Waals surface area contributed by atoms with Crippen LogP contribution in [-0.2, 0) is 0 Å². The average molecular weight is 439 g/mol. The maximum absolute atomic E-state index is 3.47. The van der Waals surface area contributed by atoms with E-state index in [1.807, 2.05) is 6.07 Å². The number of rotatable bonds is 4. The Hall–Kier alpha value is -3.91. The summed E-state index contributed by atoms with van der Waals surface area (Å²) in [6.07, 6.45) is 0. The molecule has 0 fully saturated rings. The van der Waals surface area contributed by atoms with Crippen LogP contribution in [0.1, 0.15) is 11.1 Å². The summed E-state index contributed by atoms with van der Waals surface area (Å²) in [5.41, 5.74) is 4.54. The van der Waals surface area contributed by atoms with E-state index in [9.17, 15) is 0 Å². The topological polar surface area (TPSA) is 0 Å². The Kier molecular flexibility index (Phi) is 6.44. The summed E-state index contributed by atoms with van der Waals surface area (Å²) in [7, 11) is -0.685. The molecule has 0 aromatic heterocycles. The smallest absolute Gasteiger partial charge is 0.0332 e. The van der Waals surface area contributed by atoms with E-state index in [-0.39, 0.29) is 0 Å². The molecular formula is C32H23P. The maximum atomic E-state index is 3.47. The van der Waals surface area contributed by atoms with Crippen molar-refractivity contribution in [1.29, 1.82) is 0 Å². The Morgan fingerprint density at radius 1 is 0.394 bits per heavy atom. The Morgan fingerprint density at radius 3 is 1.48 bits per heavy atom. The average Bonchev–Trinajstić information content (AvgIpc) is 2.90. The quantitative estimate of drug-likeness (QED) is 0.222. The first kappa shape index (κ1) is 21.0. The zero-order valence-electron chi connectivity index (χ0n) is 18.2. The molecular weight excluding hydrogens is 415 g/mol. The van der Waals surface area contributed by atoms with Crippen LogP contribution in [0.25, 0.3) is 11.1 Å². The molecule has 0 aliphatic heterocycles. The van der Waals surface area contributed by atoms with Gasteiger partial charge in [0.2, 0.25) is 0 Å². The first-order chi connectivity index (χ1) is 16.4. The molecule has 1 heteroatoms. The minimum absolute atomic E-state index is 0.685. The monoisotopic (exact) mass is 438 g/mol. The molecule has 0 atom stereocenters. The van der Waals surface area contributed by atoms with Gasteiger partial charge < -0.3 is 0 Å². The van der Waals surface area contributed by atoms with Crippen LogP contribution < -0.4 is 15.9 Å². The molecule has 0 bridgehead atoms. The summed E-state index contributed by atoms with van der Waals surface area (Å²) in [6.45, 7) is 0. The van der Waals surface area contributed by atoms with E-state index in [2.05, 4.69) is 145 Å². The van der Waals surface area contributed by atoms with E-state index in [1.165, 1.54) is 27.0 Å². The van der Waals surface area contributed by atoms with Gasteiger partial charge in [-0.05, 0) is 47.9 Å². The Morgan fingerprint density at radius 2 is 0.879 bits per heavy atom. The van der Waals surface area contributed by atoms with Gasteiger partial charge >= 0.3 is 0 Å². The lowest BCUT2D eigenvalue weighted by Gasteiger charge is -2.20. The van der Waals surface area contributed by atoms with E-state index < -0.39 is 7.92 Å². The van der Waals surface area contributed by atoms with Crippen molar-refractivity contribution in [2.24, 2.45) is 0 Å². The molecule has 5 aromatic carbocycles. The van der Waals surface area contributed by atoms with Gasteiger partial charge in [0.15, 0.2) is 0 Å². The minimum Gasteiger partial charge on any atom is -0.0622 e. The minimum atomic E-state index is -0.685. The van der Waals surface area contributed by atoms with E-state index >= 15 is 0 Å². The van der Waals surface area contributed by atoms with Crippen molar-refractivity contribution in [2.45, 2.75) is 0 Å². The van der Waals surface area contributed by atoms with Gasteiger partial charge in [0.25, 0.3) is 0 Å². The predicted molar refractivity (Wildman–Crippen MR) is 143 cm³/mol. The van der Waals surface area contributed by atoms with Gasteiger partial charge in [0.05, 0.1) is 0 Å². The molecule has 33 heavy (non-hydrogen) atoms. The van der Waals surface area contributed by atoms with Crippen LogP contribution in [0.4, 0.5) is 0 Å². The third kappa shape index (κ3) is 4.96. The van der Waals surface area contributed by atoms with Crippen LogP contribution in [0.5, 0.6) is 0 Å². The number of hydrogen-bond acceptors (Lipinski definition) is 0. The highest BCUT2D eigenvalue weighted by Gasteiger charge is 2.18. The second-order valence-corrected chi connectivity index (χ2v) is 9.90. The summed E-state index contributed by atoms with van der Waals surface area (Å²) in [5.74, 6) is 6.87. The Balaban J connectivity index is 1.51. The normalized spacial score (nSPS) is 10.5. The van der Waals surface area contributed by atoms with Crippen molar-refractivity contribution in [1.82, 2.24) is 0 Å². The zero-order valence-corrected chi connectivity index (χ0v) is 19.1. The summed E-state index contributed by atoms with van der Waals surface area (Å²) >= 11 is 0. The van der Waals surface area contributed by atoms with Crippen molar-refractivity contribution >= 4 is 23.8 Å². The van der Waals surface area contributed by atoms with Gasteiger partial charge in [-0.3, -0.25) is 0 Å². The zero-order chi connectivity index (χ0) is 22.3. The van der Waals surface area contributed by atoms with Gasteiger partial charge in [-0.15, -0.1) is 0 Å². The molecule has 0 spiro atoms. The highest BCUT2D eigenvalue weighted by atomic mass is 31.1.